The maximum absolute atomic E-state index is 12.4. The number of aromatic amines is 1. The van der Waals surface area contributed by atoms with E-state index in [2.05, 4.69) is 15.1 Å². The highest BCUT2D eigenvalue weighted by atomic mass is 16.2. The number of H-pyrrole nitrogens is 1. The Labute approximate surface area is 123 Å². The number of aromatic nitrogens is 4. The molecule has 0 aliphatic carbocycles. The molecule has 108 valence electrons. The topological polar surface area (TPSA) is 100 Å². The molecular weight excluding hydrogens is 286 g/mol. The van der Waals surface area contributed by atoms with Crippen LogP contribution in [0.5, 0.6) is 0 Å². The van der Waals surface area contributed by atoms with Crippen molar-refractivity contribution in [3.8, 4) is 0 Å². The molecule has 0 unspecified atom stereocenters. The number of hydrogen-bond acceptors (Lipinski definition) is 5. The van der Waals surface area contributed by atoms with E-state index in [1.165, 1.54) is 6.07 Å². The SMILES string of the molecule is Cc1cc(=O)n2[nH]c(N3C(=O)c4ccccc4C3=O)nc2n1. The van der Waals surface area contributed by atoms with Crippen LogP contribution in [0.15, 0.2) is 35.1 Å². The van der Waals surface area contributed by atoms with E-state index in [1.807, 2.05) is 0 Å². The van der Waals surface area contributed by atoms with Crippen LogP contribution in [0.3, 0.4) is 0 Å². The molecule has 1 aliphatic heterocycles. The summed E-state index contributed by atoms with van der Waals surface area (Å²) in [6, 6.07) is 7.85. The van der Waals surface area contributed by atoms with Gasteiger partial charge in [0.05, 0.1) is 11.1 Å². The van der Waals surface area contributed by atoms with Crippen molar-refractivity contribution in [3.05, 3.63) is 57.5 Å². The monoisotopic (exact) mass is 295 g/mol. The molecule has 2 amide bonds. The third kappa shape index (κ3) is 1.54. The number of hydrogen-bond donors (Lipinski definition) is 1. The number of nitrogens with zero attached hydrogens (tertiary/aromatic N) is 4. The van der Waals surface area contributed by atoms with Crippen molar-refractivity contribution in [2.45, 2.75) is 6.92 Å². The molecule has 3 heterocycles. The van der Waals surface area contributed by atoms with Gasteiger partial charge in [0.1, 0.15) is 0 Å². The van der Waals surface area contributed by atoms with Crippen LogP contribution >= 0.6 is 0 Å². The third-order valence-electron chi connectivity index (χ3n) is 3.45. The van der Waals surface area contributed by atoms with Crippen molar-refractivity contribution in [3.63, 3.8) is 0 Å². The lowest BCUT2D eigenvalue weighted by Gasteiger charge is -2.08. The third-order valence-corrected chi connectivity index (χ3v) is 3.45. The Balaban J connectivity index is 1.91. The predicted octanol–water partition coefficient (Wildman–Crippen LogP) is 0.527. The Morgan fingerprint density at radius 3 is 2.27 bits per heavy atom. The molecule has 4 rings (SSSR count). The van der Waals surface area contributed by atoms with E-state index in [-0.39, 0.29) is 17.3 Å². The van der Waals surface area contributed by atoms with E-state index < -0.39 is 11.8 Å². The van der Waals surface area contributed by atoms with E-state index in [1.54, 1.807) is 31.2 Å². The zero-order chi connectivity index (χ0) is 15.4. The number of amides is 2. The highest BCUT2D eigenvalue weighted by Gasteiger charge is 2.38. The van der Waals surface area contributed by atoms with Crippen LogP contribution in [0.2, 0.25) is 0 Å². The van der Waals surface area contributed by atoms with Crippen LogP contribution in [0.4, 0.5) is 5.95 Å². The molecule has 0 fully saturated rings. The van der Waals surface area contributed by atoms with Gasteiger partial charge in [-0.25, -0.2) is 9.88 Å². The molecular formula is C14H9N5O3. The van der Waals surface area contributed by atoms with E-state index >= 15 is 0 Å². The number of aryl methyl sites for hydroxylation is 1. The van der Waals surface area contributed by atoms with Crippen molar-refractivity contribution in [2.75, 3.05) is 4.90 Å². The van der Waals surface area contributed by atoms with E-state index in [0.717, 1.165) is 9.42 Å². The molecule has 1 aromatic carbocycles. The molecule has 0 saturated heterocycles. The molecule has 8 nitrogen and oxygen atoms in total. The minimum absolute atomic E-state index is 0.0265. The molecule has 2 aromatic heterocycles. The summed E-state index contributed by atoms with van der Waals surface area (Å²) in [6.45, 7) is 1.66. The zero-order valence-electron chi connectivity index (χ0n) is 11.4. The molecule has 1 aliphatic rings. The molecule has 22 heavy (non-hydrogen) atoms. The summed E-state index contributed by atoms with van der Waals surface area (Å²) < 4.78 is 1.09. The molecule has 1 N–H and O–H groups in total. The number of nitrogens with one attached hydrogen (secondary N) is 1. The summed E-state index contributed by atoms with van der Waals surface area (Å²) in [7, 11) is 0. The lowest BCUT2D eigenvalue weighted by Crippen LogP contribution is -2.30. The Morgan fingerprint density at radius 2 is 1.64 bits per heavy atom. The molecule has 0 bridgehead atoms. The van der Waals surface area contributed by atoms with Crippen LogP contribution in [0, 0.1) is 6.92 Å². The average molecular weight is 295 g/mol. The molecule has 8 heteroatoms. The number of fused-ring (bicyclic) bond motifs is 2. The van der Waals surface area contributed by atoms with Gasteiger partial charge in [-0.05, 0) is 19.1 Å². The first kappa shape index (κ1) is 12.5. The van der Waals surface area contributed by atoms with Crippen molar-refractivity contribution in [2.24, 2.45) is 0 Å². The summed E-state index contributed by atoms with van der Waals surface area (Å²) in [5, 5.41) is 2.64. The first-order chi connectivity index (χ1) is 10.6. The highest BCUT2D eigenvalue weighted by Crippen LogP contribution is 2.25. The standard InChI is InChI=1S/C14H9N5O3/c1-7-6-10(20)19-13(15-7)16-14(17-19)18-11(21)8-4-2-3-5-9(8)12(18)22/h2-6H,1H3,(H,15,16,17). The smallest absolute Gasteiger partial charge is 0.268 e. The van der Waals surface area contributed by atoms with Gasteiger partial charge in [-0.2, -0.15) is 9.50 Å². The van der Waals surface area contributed by atoms with E-state index in [0.29, 0.717) is 16.8 Å². The summed E-state index contributed by atoms with van der Waals surface area (Å²) >= 11 is 0. The van der Waals surface area contributed by atoms with E-state index in [9.17, 15) is 14.4 Å². The molecule has 0 atom stereocenters. The molecule has 0 radical (unpaired) electrons. The van der Waals surface area contributed by atoms with Gasteiger partial charge in [0, 0.05) is 11.8 Å². The Kier molecular flexibility index (Phi) is 2.32. The van der Waals surface area contributed by atoms with Crippen molar-refractivity contribution in [1.82, 2.24) is 19.6 Å². The normalized spacial score (nSPS) is 14.0. The quantitative estimate of drug-likeness (QED) is 0.660. The lowest BCUT2D eigenvalue weighted by atomic mass is 10.1. The Hall–Kier alpha value is -3.29. The van der Waals surface area contributed by atoms with Crippen LogP contribution in [0.1, 0.15) is 26.4 Å². The van der Waals surface area contributed by atoms with Gasteiger partial charge in [0.2, 0.25) is 5.95 Å². The largest absolute Gasteiger partial charge is 0.274 e. The number of anilines is 1. The van der Waals surface area contributed by atoms with Gasteiger partial charge >= 0.3 is 0 Å². The maximum atomic E-state index is 12.4. The molecule has 3 aromatic rings. The first-order valence-corrected chi connectivity index (χ1v) is 6.50. The van der Waals surface area contributed by atoms with Gasteiger partial charge in [0.25, 0.3) is 23.2 Å². The van der Waals surface area contributed by atoms with Crippen molar-refractivity contribution >= 4 is 23.5 Å². The second kappa shape index (κ2) is 4.10. The Bertz CT molecular complexity index is 982. The maximum Gasteiger partial charge on any atom is 0.274 e. The molecule has 0 spiro atoms. The first-order valence-electron chi connectivity index (χ1n) is 6.50. The summed E-state index contributed by atoms with van der Waals surface area (Å²) in [4.78, 5) is 45.7. The van der Waals surface area contributed by atoms with Gasteiger partial charge in [-0.3, -0.25) is 19.5 Å². The average Bonchev–Trinajstić information content (AvgIpc) is 3.00. The minimum Gasteiger partial charge on any atom is -0.268 e. The van der Waals surface area contributed by atoms with E-state index in [4.69, 9.17) is 0 Å². The fourth-order valence-electron chi connectivity index (χ4n) is 2.46. The summed E-state index contributed by atoms with van der Waals surface area (Å²) in [5.41, 5.74) is 0.761. The predicted molar refractivity (Wildman–Crippen MR) is 75.9 cm³/mol. The fraction of sp³-hybridized carbons (Fsp3) is 0.0714. The zero-order valence-corrected chi connectivity index (χ0v) is 11.4. The van der Waals surface area contributed by atoms with Crippen LogP contribution in [-0.2, 0) is 0 Å². The lowest BCUT2D eigenvalue weighted by molar-refractivity contribution is 0.0924. The second-order valence-corrected chi connectivity index (χ2v) is 4.91. The van der Waals surface area contributed by atoms with Gasteiger partial charge in [-0.15, -0.1) is 0 Å². The van der Waals surface area contributed by atoms with Gasteiger partial charge in [0.15, 0.2) is 0 Å². The number of carbonyl (C=O) groups excluding carboxylic acids is 2. The van der Waals surface area contributed by atoms with Crippen LogP contribution in [-0.4, -0.2) is 31.4 Å². The number of rotatable bonds is 1. The van der Waals surface area contributed by atoms with Crippen molar-refractivity contribution < 1.29 is 9.59 Å². The molecule has 0 saturated carbocycles. The number of carbonyl (C=O) groups is 2. The summed E-state index contributed by atoms with van der Waals surface area (Å²) in [5.74, 6) is -0.883. The fourth-order valence-corrected chi connectivity index (χ4v) is 2.46. The van der Waals surface area contributed by atoms with Crippen LogP contribution < -0.4 is 10.5 Å². The van der Waals surface area contributed by atoms with Crippen LogP contribution in [0.25, 0.3) is 5.78 Å². The number of imide groups is 1. The Morgan fingerprint density at radius 1 is 1.00 bits per heavy atom. The second-order valence-electron chi connectivity index (χ2n) is 4.91. The van der Waals surface area contributed by atoms with Crippen molar-refractivity contribution in [1.29, 1.82) is 0 Å². The highest BCUT2D eigenvalue weighted by molar-refractivity contribution is 6.33. The number of benzene rings is 1. The minimum atomic E-state index is -0.482. The van der Waals surface area contributed by atoms with Gasteiger partial charge < -0.3 is 0 Å². The summed E-state index contributed by atoms with van der Waals surface area (Å²) in [6.07, 6.45) is 0. The van der Waals surface area contributed by atoms with Gasteiger partial charge in [-0.1, -0.05) is 12.1 Å².